The maximum atomic E-state index is 10.4. The SMILES string of the molecule is CC(C)=NOCC(=O)NN. The van der Waals surface area contributed by atoms with Crippen LogP contribution in [0.25, 0.3) is 0 Å². The number of carbonyl (C=O) groups is 1. The molecule has 5 heteroatoms. The van der Waals surface area contributed by atoms with Gasteiger partial charge >= 0.3 is 0 Å². The van der Waals surface area contributed by atoms with Crippen LogP contribution in [0, 0.1) is 0 Å². The molecule has 0 aliphatic carbocycles. The first-order valence-corrected chi connectivity index (χ1v) is 2.79. The fourth-order valence-electron chi connectivity index (χ4n) is 0.262. The van der Waals surface area contributed by atoms with E-state index in [0.717, 1.165) is 5.71 Å². The minimum absolute atomic E-state index is 0.137. The molecule has 0 heterocycles. The van der Waals surface area contributed by atoms with Gasteiger partial charge in [0.1, 0.15) is 0 Å². The molecule has 0 bridgehead atoms. The molecular formula is C5H11N3O2. The van der Waals surface area contributed by atoms with Crippen molar-refractivity contribution in [1.29, 1.82) is 0 Å². The second kappa shape index (κ2) is 4.75. The van der Waals surface area contributed by atoms with Crippen LogP contribution in [0.5, 0.6) is 0 Å². The van der Waals surface area contributed by atoms with E-state index in [1.54, 1.807) is 13.8 Å². The van der Waals surface area contributed by atoms with Crippen LogP contribution in [-0.4, -0.2) is 18.2 Å². The summed E-state index contributed by atoms with van der Waals surface area (Å²) in [6, 6.07) is 0. The molecule has 5 nitrogen and oxygen atoms in total. The van der Waals surface area contributed by atoms with Crippen molar-refractivity contribution < 1.29 is 9.63 Å². The van der Waals surface area contributed by atoms with Crippen molar-refractivity contribution in [2.24, 2.45) is 11.0 Å². The first-order chi connectivity index (χ1) is 4.66. The summed E-state index contributed by atoms with van der Waals surface area (Å²) in [6.07, 6.45) is 0. The Bertz CT molecular complexity index is 140. The highest BCUT2D eigenvalue weighted by atomic mass is 16.6. The molecule has 0 aliphatic rings. The highest BCUT2D eigenvalue weighted by Gasteiger charge is 1.95. The van der Waals surface area contributed by atoms with E-state index in [9.17, 15) is 4.79 Å². The zero-order chi connectivity index (χ0) is 7.98. The summed E-state index contributed by atoms with van der Waals surface area (Å²) in [5, 5.41) is 3.51. The second-order valence-corrected chi connectivity index (χ2v) is 1.88. The molecule has 0 rings (SSSR count). The number of nitrogens with two attached hydrogens (primary N) is 1. The monoisotopic (exact) mass is 145 g/mol. The molecule has 0 saturated carbocycles. The predicted molar refractivity (Wildman–Crippen MR) is 37.1 cm³/mol. The zero-order valence-electron chi connectivity index (χ0n) is 6.05. The quantitative estimate of drug-likeness (QED) is 0.241. The molecule has 0 aromatic rings. The van der Waals surface area contributed by atoms with Gasteiger partial charge in [-0.1, -0.05) is 5.16 Å². The van der Waals surface area contributed by atoms with Crippen LogP contribution in [-0.2, 0) is 9.63 Å². The summed E-state index contributed by atoms with van der Waals surface area (Å²) >= 11 is 0. The summed E-state index contributed by atoms with van der Waals surface area (Å²) in [5.74, 6) is 4.36. The maximum absolute atomic E-state index is 10.4. The molecule has 58 valence electrons. The van der Waals surface area contributed by atoms with E-state index in [0.29, 0.717) is 0 Å². The highest BCUT2D eigenvalue weighted by Crippen LogP contribution is 1.78. The van der Waals surface area contributed by atoms with E-state index in [1.807, 2.05) is 5.43 Å². The molecule has 10 heavy (non-hydrogen) atoms. The Kier molecular flexibility index (Phi) is 4.23. The van der Waals surface area contributed by atoms with Crippen molar-refractivity contribution in [2.45, 2.75) is 13.8 Å². The lowest BCUT2D eigenvalue weighted by Crippen LogP contribution is -2.32. The Morgan fingerprint density at radius 1 is 1.70 bits per heavy atom. The largest absolute Gasteiger partial charge is 0.386 e. The van der Waals surface area contributed by atoms with Gasteiger partial charge in [-0.05, 0) is 13.8 Å². The third-order valence-corrected chi connectivity index (χ3v) is 0.604. The molecule has 0 radical (unpaired) electrons. The molecule has 0 unspecified atom stereocenters. The van der Waals surface area contributed by atoms with E-state index in [2.05, 4.69) is 9.99 Å². The summed E-state index contributed by atoms with van der Waals surface area (Å²) in [4.78, 5) is 14.9. The molecule has 0 aliphatic heterocycles. The zero-order valence-corrected chi connectivity index (χ0v) is 6.05. The van der Waals surface area contributed by atoms with E-state index in [4.69, 9.17) is 5.84 Å². The minimum atomic E-state index is -0.398. The number of nitrogens with zero attached hydrogens (tertiary/aromatic N) is 1. The maximum Gasteiger partial charge on any atom is 0.274 e. The molecule has 0 atom stereocenters. The van der Waals surface area contributed by atoms with Gasteiger partial charge in [-0.3, -0.25) is 10.2 Å². The van der Waals surface area contributed by atoms with E-state index in [-0.39, 0.29) is 6.61 Å². The average molecular weight is 145 g/mol. The Morgan fingerprint density at radius 3 is 2.70 bits per heavy atom. The van der Waals surface area contributed by atoms with E-state index >= 15 is 0 Å². The van der Waals surface area contributed by atoms with E-state index in [1.165, 1.54) is 0 Å². The van der Waals surface area contributed by atoms with E-state index < -0.39 is 5.91 Å². The van der Waals surface area contributed by atoms with Gasteiger partial charge in [-0.15, -0.1) is 0 Å². The Morgan fingerprint density at radius 2 is 2.30 bits per heavy atom. The van der Waals surface area contributed by atoms with Gasteiger partial charge in [0.15, 0.2) is 6.61 Å². The molecular weight excluding hydrogens is 134 g/mol. The molecule has 0 saturated heterocycles. The van der Waals surface area contributed by atoms with Crippen LogP contribution >= 0.6 is 0 Å². The molecule has 3 N–H and O–H groups in total. The third kappa shape index (κ3) is 5.04. The van der Waals surface area contributed by atoms with Crippen molar-refractivity contribution in [2.75, 3.05) is 6.61 Å². The van der Waals surface area contributed by atoms with Crippen LogP contribution in [0.4, 0.5) is 0 Å². The fourth-order valence-corrected chi connectivity index (χ4v) is 0.262. The number of hydrogen-bond donors (Lipinski definition) is 2. The number of hydrazine groups is 1. The minimum Gasteiger partial charge on any atom is -0.386 e. The van der Waals surface area contributed by atoms with Crippen LogP contribution in [0.3, 0.4) is 0 Å². The summed E-state index contributed by atoms with van der Waals surface area (Å²) in [7, 11) is 0. The van der Waals surface area contributed by atoms with Gasteiger partial charge in [0.05, 0.1) is 5.71 Å². The average Bonchev–Trinajstić information content (AvgIpc) is 1.87. The number of nitrogens with one attached hydrogen (secondary N) is 1. The fraction of sp³-hybridized carbons (Fsp3) is 0.600. The molecule has 0 aromatic carbocycles. The topological polar surface area (TPSA) is 76.7 Å². The Balaban J connectivity index is 3.37. The molecule has 0 aromatic heterocycles. The Labute approximate surface area is 59.2 Å². The number of amides is 1. The van der Waals surface area contributed by atoms with Crippen LogP contribution < -0.4 is 11.3 Å². The lowest BCUT2D eigenvalue weighted by molar-refractivity contribution is -0.125. The summed E-state index contributed by atoms with van der Waals surface area (Å²) < 4.78 is 0. The molecule has 0 fully saturated rings. The van der Waals surface area contributed by atoms with Crippen molar-refractivity contribution in [3.05, 3.63) is 0 Å². The normalized spacial score (nSPS) is 8.30. The van der Waals surface area contributed by atoms with Gasteiger partial charge in [0, 0.05) is 0 Å². The lowest BCUT2D eigenvalue weighted by atomic mass is 10.5. The van der Waals surface area contributed by atoms with Crippen molar-refractivity contribution >= 4 is 11.6 Å². The van der Waals surface area contributed by atoms with Gasteiger partial charge < -0.3 is 4.84 Å². The molecule has 1 amide bonds. The van der Waals surface area contributed by atoms with Gasteiger partial charge in [-0.25, -0.2) is 5.84 Å². The predicted octanol–water partition coefficient (Wildman–Crippen LogP) is -0.611. The van der Waals surface area contributed by atoms with Crippen LogP contribution in [0.2, 0.25) is 0 Å². The van der Waals surface area contributed by atoms with Crippen LogP contribution in [0.15, 0.2) is 5.16 Å². The van der Waals surface area contributed by atoms with Gasteiger partial charge in [0.25, 0.3) is 5.91 Å². The Hall–Kier alpha value is -1.10. The lowest BCUT2D eigenvalue weighted by Gasteiger charge is -1.96. The first kappa shape index (κ1) is 8.90. The smallest absolute Gasteiger partial charge is 0.274 e. The van der Waals surface area contributed by atoms with Crippen LogP contribution in [0.1, 0.15) is 13.8 Å². The van der Waals surface area contributed by atoms with Crippen molar-refractivity contribution in [3.8, 4) is 0 Å². The highest BCUT2D eigenvalue weighted by molar-refractivity contribution is 5.79. The van der Waals surface area contributed by atoms with Crippen molar-refractivity contribution in [1.82, 2.24) is 5.43 Å². The number of hydrogen-bond acceptors (Lipinski definition) is 4. The summed E-state index contributed by atoms with van der Waals surface area (Å²) in [5.41, 5.74) is 2.66. The first-order valence-electron chi connectivity index (χ1n) is 2.79. The van der Waals surface area contributed by atoms with Gasteiger partial charge in [0.2, 0.25) is 0 Å². The standard InChI is InChI=1S/C5H11N3O2/c1-4(2)8-10-3-5(9)7-6/h3,6H2,1-2H3,(H,7,9). The van der Waals surface area contributed by atoms with Gasteiger partial charge in [-0.2, -0.15) is 0 Å². The van der Waals surface area contributed by atoms with Crippen molar-refractivity contribution in [3.63, 3.8) is 0 Å². The number of oxime groups is 1. The number of carbonyl (C=O) groups excluding carboxylic acids is 1. The summed E-state index contributed by atoms with van der Waals surface area (Å²) in [6.45, 7) is 3.39. The third-order valence-electron chi connectivity index (χ3n) is 0.604. The number of rotatable bonds is 3. The molecule has 0 spiro atoms. The second-order valence-electron chi connectivity index (χ2n) is 1.88.